The second kappa shape index (κ2) is 51.1. The van der Waals surface area contributed by atoms with E-state index in [-0.39, 0.29) is 25.9 Å². The minimum Gasteiger partial charge on any atom is -0.462 e. The normalized spacial score (nSPS) is 13.7. The van der Waals surface area contributed by atoms with Gasteiger partial charge in [0.15, 0.2) is 6.10 Å². The lowest BCUT2D eigenvalue weighted by molar-refractivity contribution is -0.161. The summed E-state index contributed by atoms with van der Waals surface area (Å²) in [6, 6.07) is 0. The molecule has 3 atom stereocenters. The second-order valence-electron chi connectivity index (χ2n) is 18.7. The summed E-state index contributed by atoms with van der Waals surface area (Å²) in [7, 11) is -4.74. The SMILES string of the molecule is CCCC/C=C\CCCCCCCC(=O)OC(CO)COP(=O)(O)OCC(COC(=O)CCCCCCCCCCCCCCCCC)OC(=O)CCCCCCC/C=C\C/C=C\CCCCC. The molecule has 11 nitrogen and oxygen atoms in total. The monoisotopic (exact) mass is 983 g/mol. The molecule has 68 heavy (non-hydrogen) atoms. The Labute approximate surface area is 416 Å². The highest BCUT2D eigenvalue weighted by atomic mass is 31.2. The third kappa shape index (κ3) is 48.7. The fraction of sp³-hybridized carbons (Fsp3) is 0.839. The molecular formula is C56H103O11P. The van der Waals surface area contributed by atoms with Gasteiger partial charge in [-0.25, -0.2) is 4.57 Å². The van der Waals surface area contributed by atoms with E-state index in [4.69, 9.17) is 23.3 Å². The molecule has 0 spiro atoms. The maximum atomic E-state index is 12.9. The van der Waals surface area contributed by atoms with E-state index in [0.29, 0.717) is 19.3 Å². The molecular weight excluding hydrogens is 880 g/mol. The average molecular weight is 983 g/mol. The minimum atomic E-state index is -4.74. The Morgan fingerprint density at radius 3 is 1.18 bits per heavy atom. The molecule has 0 fully saturated rings. The summed E-state index contributed by atoms with van der Waals surface area (Å²) in [5, 5.41) is 9.77. The maximum Gasteiger partial charge on any atom is 0.472 e. The van der Waals surface area contributed by atoms with Crippen LogP contribution in [0.5, 0.6) is 0 Å². The zero-order valence-corrected chi connectivity index (χ0v) is 44.7. The number of phosphoric acid groups is 1. The largest absolute Gasteiger partial charge is 0.472 e. The van der Waals surface area contributed by atoms with Crippen molar-refractivity contribution in [3.05, 3.63) is 36.5 Å². The number of hydrogen-bond donors (Lipinski definition) is 2. The number of hydrogen-bond acceptors (Lipinski definition) is 10. The first kappa shape index (κ1) is 65.7. The van der Waals surface area contributed by atoms with Crippen molar-refractivity contribution >= 4 is 25.7 Å². The van der Waals surface area contributed by atoms with Gasteiger partial charge in [-0.05, 0) is 70.6 Å². The van der Waals surface area contributed by atoms with Gasteiger partial charge in [-0.3, -0.25) is 23.4 Å². The van der Waals surface area contributed by atoms with Crippen LogP contribution in [0.1, 0.15) is 265 Å². The summed E-state index contributed by atoms with van der Waals surface area (Å²) >= 11 is 0. The van der Waals surface area contributed by atoms with Gasteiger partial charge in [0.2, 0.25) is 0 Å². The molecule has 0 saturated carbocycles. The van der Waals surface area contributed by atoms with Gasteiger partial charge in [-0.1, -0.05) is 211 Å². The molecule has 0 bridgehead atoms. The summed E-state index contributed by atoms with van der Waals surface area (Å²) in [5.41, 5.74) is 0. The first-order valence-electron chi connectivity index (χ1n) is 27.9. The number of carbonyl (C=O) groups excluding carboxylic acids is 3. The van der Waals surface area contributed by atoms with E-state index in [1.807, 2.05) is 0 Å². The lowest BCUT2D eigenvalue weighted by atomic mass is 10.0. The number of allylic oxidation sites excluding steroid dienone is 6. The van der Waals surface area contributed by atoms with E-state index in [0.717, 1.165) is 103 Å². The fourth-order valence-electron chi connectivity index (χ4n) is 7.72. The average Bonchev–Trinajstić information content (AvgIpc) is 3.32. The molecule has 0 rings (SSSR count). The van der Waals surface area contributed by atoms with E-state index in [9.17, 15) is 28.9 Å². The van der Waals surface area contributed by atoms with Crippen LogP contribution in [0.3, 0.4) is 0 Å². The van der Waals surface area contributed by atoms with E-state index >= 15 is 0 Å². The van der Waals surface area contributed by atoms with Crippen LogP contribution in [0.2, 0.25) is 0 Å². The molecule has 0 heterocycles. The van der Waals surface area contributed by atoms with Gasteiger partial charge in [0, 0.05) is 19.3 Å². The van der Waals surface area contributed by atoms with Crippen molar-refractivity contribution in [2.45, 2.75) is 277 Å². The maximum absolute atomic E-state index is 12.9. The van der Waals surface area contributed by atoms with Crippen molar-refractivity contribution in [1.29, 1.82) is 0 Å². The number of unbranched alkanes of at least 4 members (excludes halogenated alkanes) is 29. The molecule has 2 N–H and O–H groups in total. The summed E-state index contributed by atoms with van der Waals surface area (Å²) in [6.45, 7) is 4.58. The highest BCUT2D eigenvalue weighted by molar-refractivity contribution is 7.47. The predicted octanol–water partition coefficient (Wildman–Crippen LogP) is 16.0. The third-order valence-electron chi connectivity index (χ3n) is 12.0. The smallest absolute Gasteiger partial charge is 0.462 e. The number of rotatable bonds is 52. The first-order valence-corrected chi connectivity index (χ1v) is 29.4. The molecule has 398 valence electrons. The van der Waals surface area contributed by atoms with Gasteiger partial charge in [0.1, 0.15) is 12.7 Å². The standard InChI is InChI=1S/C56H103O11P/c1-4-7-10-13-16-19-22-24-26-28-31-33-36-39-42-45-54(58)63-49-53(67-56(60)47-44-41-38-35-32-29-27-25-23-20-17-14-11-8-5-2)51-65-68(61,62)64-50-52(48-57)66-55(59)46-43-40-37-34-30-21-18-15-12-9-6-3/h15,17-18,20,25,27,52-53,57H,4-14,16,19,21-24,26,28-51H2,1-3H3,(H,61,62)/b18-15-,20-17-,27-25-. The van der Waals surface area contributed by atoms with Crippen molar-refractivity contribution in [3.63, 3.8) is 0 Å². The van der Waals surface area contributed by atoms with Crippen LogP contribution >= 0.6 is 7.82 Å². The fourth-order valence-corrected chi connectivity index (χ4v) is 8.50. The molecule has 0 aromatic carbocycles. The summed E-state index contributed by atoms with van der Waals surface area (Å²) in [4.78, 5) is 48.4. The molecule has 0 aliphatic rings. The van der Waals surface area contributed by atoms with Gasteiger partial charge in [-0.15, -0.1) is 0 Å². The van der Waals surface area contributed by atoms with Gasteiger partial charge in [0.05, 0.1) is 19.8 Å². The summed E-state index contributed by atoms with van der Waals surface area (Å²) < 4.78 is 39.4. The zero-order valence-electron chi connectivity index (χ0n) is 43.8. The number of ether oxygens (including phenoxy) is 3. The van der Waals surface area contributed by atoms with E-state index in [2.05, 4.69) is 57.2 Å². The van der Waals surface area contributed by atoms with Gasteiger partial charge >= 0.3 is 25.7 Å². The number of phosphoric ester groups is 1. The molecule has 3 unspecified atom stereocenters. The Bertz CT molecular complexity index is 1280. The highest BCUT2D eigenvalue weighted by Crippen LogP contribution is 2.43. The lowest BCUT2D eigenvalue weighted by Gasteiger charge is -2.21. The van der Waals surface area contributed by atoms with Crippen LogP contribution in [0, 0.1) is 0 Å². The molecule has 0 radical (unpaired) electrons. The molecule has 0 aliphatic heterocycles. The minimum absolute atomic E-state index is 0.154. The lowest BCUT2D eigenvalue weighted by Crippen LogP contribution is -2.30. The van der Waals surface area contributed by atoms with Crippen molar-refractivity contribution in [2.24, 2.45) is 0 Å². The van der Waals surface area contributed by atoms with Gasteiger partial charge < -0.3 is 24.2 Å². The summed E-state index contributed by atoms with van der Waals surface area (Å²) in [6.07, 6.45) is 51.0. The molecule has 0 aliphatic carbocycles. The molecule has 0 amide bonds. The van der Waals surface area contributed by atoms with Crippen LogP contribution in [-0.4, -0.2) is 66.5 Å². The molecule has 0 aromatic heterocycles. The quantitative estimate of drug-likeness (QED) is 0.0197. The second-order valence-corrected chi connectivity index (χ2v) is 20.2. The zero-order chi connectivity index (χ0) is 49.9. The van der Waals surface area contributed by atoms with Crippen molar-refractivity contribution in [2.75, 3.05) is 26.4 Å². The predicted molar refractivity (Wildman–Crippen MR) is 279 cm³/mol. The highest BCUT2D eigenvalue weighted by Gasteiger charge is 2.28. The van der Waals surface area contributed by atoms with E-state index in [1.54, 1.807) is 0 Å². The number of aliphatic hydroxyl groups is 1. The Hall–Kier alpha value is -2.30. The van der Waals surface area contributed by atoms with Gasteiger partial charge in [0.25, 0.3) is 0 Å². The first-order chi connectivity index (χ1) is 33.2. The molecule has 12 heteroatoms. The Balaban J connectivity index is 4.74. The number of carbonyl (C=O) groups is 3. The number of aliphatic hydroxyl groups excluding tert-OH is 1. The van der Waals surface area contributed by atoms with E-state index in [1.165, 1.54) is 103 Å². The summed E-state index contributed by atoms with van der Waals surface area (Å²) in [5.74, 6) is -1.47. The Kier molecular flexibility index (Phi) is 49.3. The van der Waals surface area contributed by atoms with Crippen molar-refractivity contribution in [1.82, 2.24) is 0 Å². The Morgan fingerprint density at radius 1 is 0.412 bits per heavy atom. The van der Waals surface area contributed by atoms with E-state index < -0.39 is 57.8 Å². The van der Waals surface area contributed by atoms with Crippen LogP contribution in [0.15, 0.2) is 36.5 Å². The van der Waals surface area contributed by atoms with Crippen LogP contribution in [0.4, 0.5) is 0 Å². The molecule has 0 aromatic rings. The molecule has 0 saturated heterocycles. The van der Waals surface area contributed by atoms with Crippen LogP contribution < -0.4 is 0 Å². The Morgan fingerprint density at radius 2 is 0.735 bits per heavy atom. The van der Waals surface area contributed by atoms with Gasteiger partial charge in [-0.2, -0.15) is 0 Å². The van der Waals surface area contributed by atoms with Crippen LogP contribution in [-0.2, 0) is 42.2 Å². The van der Waals surface area contributed by atoms with Crippen molar-refractivity contribution in [3.8, 4) is 0 Å². The van der Waals surface area contributed by atoms with Crippen molar-refractivity contribution < 1.29 is 52.2 Å². The number of esters is 3. The third-order valence-corrected chi connectivity index (χ3v) is 13.0. The van der Waals surface area contributed by atoms with Crippen LogP contribution in [0.25, 0.3) is 0 Å². The topological polar surface area (TPSA) is 155 Å².